The van der Waals surface area contributed by atoms with Gasteiger partial charge in [-0.2, -0.15) is 4.98 Å². The topological polar surface area (TPSA) is 65.1 Å². The van der Waals surface area contributed by atoms with Crippen LogP contribution in [0, 0.1) is 6.92 Å². The van der Waals surface area contributed by atoms with E-state index in [-0.39, 0.29) is 11.2 Å². The second-order valence-corrected chi connectivity index (χ2v) is 7.41. The van der Waals surface area contributed by atoms with Crippen LogP contribution in [0.15, 0.2) is 33.9 Å². The smallest absolute Gasteiger partial charge is 0.332 e. The van der Waals surface area contributed by atoms with Crippen LogP contribution >= 0.6 is 0 Å². The predicted molar refractivity (Wildman–Crippen MR) is 107 cm³/mol. The lowest BCUT2D eigenvalue weighted by Crippen LogP contribution is -2.37. The van der Waals surface area contributed by atoms with Crippen LogP contribution in [0.2, 0.25) is 0 Å². The zero-order chi connectivity index (χ0) is 19.1. The first-order valence-electron chi connectivity index (χ1n) is 9.44. The van der Waals surface area contributed by atoms with Crippen molar-refractivity contribution < 1.29 is 0 Å². The number of hydrogen-bond donors (Lipinski definition) is 0. The van der Waals surface area contributed by atoms with E-state index < -0.39 is 0 Å². The summed E-state index contributed by atoms with van der Waals surface area (Å²) < 4.78 is 4.61. The van der Waals surface area contributed by atoms with Gasteiger partial charge in [-0.3, -0.25) is 18.5 Å². The number of fused-ring (bicyclic) bond motifs is 1. The van der Waals surface area contributed by atoms with E-state index in [2.05, 4.69) is 36.1 Å². The number of piperidine rings is 1. The number of anilines is 1. The molecule has 142 valence electrons. The molecule has 0 unspecified atom stereocenters. The number of hydrogen-bond acceptors (Lipinski definition) is 4. The number of benzene rings is 1. The lowest BCUT2D eigenvalue weighted by molar-refractivity contribution is 0.560. The fourth-order valence-corrected chi connectivity index (χ4v) is 3.80. The van der Waals surface area contributed by atoms with Crippen LogP contribution in [-0.2, 0) is 20.6 Å². The van der Waals surface area contributed by atoms with E-state index in [1.165, 1.54) is 23.6 Å². The molecule has 0 atom stereocenters. The molecule has 0 saturated carbocycles. The molecule has 0 radical (unpaired) electrons. The first kappa shape index (κ1) is 17.6. The Balaban J connectivity index is 1.95. The highest BCUT2D eigenvalue weighted by molar-refractivity contribution is 5.74. The summed E-state index contributed by atoms with van der Waals surface area (Å²) in [6.07, 6.45) is 3.45. The molecule has 1 saturated heterocycles. The Morgan fingerprint density at radius 3 is 2.30 bits per heavy atom. The largest absolute Gasteiger partial charge is 0.342 e. The average Bonchev–Trinajstić information content (AvgIpc) is 3.06. The lowest BCUT2D eigenvalue weighted by atomic mass is 10.1. The number of aromatic nitrogens is 4. The van der Waals surface area contributed by atoms with Gasteiger partial charge in [-0.1, -0.05) is 29.8 Å². The van der Waals surface area contributed by atoms with Crippen molar-refractivity contribution in [2.45, 2.75) is 32.7 Å². The Morgan fingerprint density at radius 1 is 0.963 bits per heavy atom. The van der Waals surface area contributed by atoms with Gasteiger partial charge in [0.2, 0.25) is 5.95 Å². The van der Waals surface area contributed by atoms with Gasteiger partial charge in [-0.15, -0.1) is 0 Å². The highest BCUT2D eigenvalue weighted by atomic mass is 16.2. The maximum absolute atomic E-state index is 12.9. The molecule has 4 rings (SSSR count). The van der Waals surface area contributed by atoms with Crippen molar-refractivity contribution in [3.63, 3.8) is 0 Å². The molecule has 1 fully saturated rings. The van der Waals surface area contributed by atoms with Crippen molar-refractivity contribution in [2.24, 2.45) is 14.1 Å². The third kappa shape index (κ3) is 2.97. The molecule has 0 spiro atoms. The van der Waals surface area contributed by atoms with E-state index in [4.69, 9.17) is 4.98 Å². The van der Waals surface area contributed by atoms with Gasteiger partial charge in [0.05, 0.1) is 6.54 Å². The summed E-state index contributed by atoms with van der Waals surface area (Å²) in [4.78, 5) is 32.3. The summed E-state index contributed by atoms with van der Waals surface area (Å²) in [7, 11) is 3.20. The van der Waals surface area contributed by atoms with E-state index in [1.807, 2.05) is 4.57 Å². The minimum absolute atomic E-state index is 0.295. The quantitative estimate of drug-likeness (QED) is 0.708. The highest BCUT2D eigenvalue weighted by Crippen LogP contribution is 2.24. The molecule has 0 N–H and O–H groups in total. The van der Waals surface area contributed by atoms with Crippen molar-refractivity contribution in [1.82, 2.24) is 18.7 Å². The molecule has 1 aromatic carbocycles. The molecule has 27 heavy (non-hydrogen) atoms. The zero-order valence-corrected chi connectivity index (χ0v) is 16.1. The summed E-state index contributed by atoms with van der Waals surface area (Å²) in [6, 6.07) is 8.30. The van der Waals surface area contributed by atoms with Gasteiger partial charge in [0.15, 0.2) is 11.2 Å². The molecule has 7 nitrogen and oxygen atoms in total. The lowest BCUT2D eigenvalue weighted by Gasteiger charge is -2.28. The van der Waals surface area contributed by atoms with E-state index in [0.717, 1.165) is 42.0 Å². The molecule has 1 aliphatic heterocycles. The fraction of sp³-hybridized carbons (Fsp3) is 0.450. The van der Waals surface area contributed by atoms with Gasteiger partial charge in [0.25, 0.3) is 5.56 Å². The SMILES string of the molecule is Cc1ccc(Cn2c(N3CCCCC3)nc3c2c(=O)n(C)c(=O)n3C)cc1. The molecule has 2 aromatic heterocycles. The van der Waals surface area contributed by atoms with Crippen LogP contribution < -0.4 is 16.1 Å². The third-order valence-corrected chi connectivity index (χ3v) is 5.43. The van der Waals surface area contributed by atoms with E-state index in [9.17, 15) is 9.59 Å². The van der Waals surface area contributed by atoms with Crippen LogP contribution in [-0.4, -0.2) is 31.8 Å². The Bertz CT molecular complexity index is 1100. The summed E-state index contributed by atoms with van der Waals surface area (Å²) >= 11 is 0. The number of aryl methyl sites for hydroxylation is 2. The standard InChI is InChI=1S/C20H25N5O2/c1-14-7-9-15(10-8-14)13-25-16-17(22(2)20(27)23(3)18(16)26)21-19(25)24-11-5-4-6-12-24/h7-10H,4-6,11-13H2,1-3H3. The molecule has 0 bridgehead atoms. The van der Waals surface area contributed by atoms with Gasteiger partial charge in [-0.25, -0.2) is 4.79 Å². The van der Waals surface area contributed by atoms with E-state index >= 15 is 0 Å². The molecule has 1 aliphatic rings. The first-order valence-corrected chi connectivity index (χ1v) is 9.44. The van der Waals surface area contributed by atoms with Crippen molar-refractivity contribution >= 4 is 17.1 Å². The second kappa shape index (κ2) is 6.72. The first-order chi connectivity index (χ1) is 13.0. The summed E-state index contributed by atoms with van der Waals surface area (Å²) in [5, 5.41) is 0. The van der Waals surface area contributed by atoms with Crippen LogP contribution in [0.4, 0.5) is 5.95 Å². The van der Waals surface area contributed by atoms with Crippen LogP contribution in [0.3, 0.4) is 0 Å². The van der Waals surface area contributed by atoms with Crippen molar-refractivity contribution in [3.8, 4) is 0 Å². The van der Waals surface area contributed by atoms with Gasteiger partial charge in [-0.05, 0) is 31.7 Å². The monoisotopic (exact) mass is 367 g/mol. The van der Waals surface area contributed by atoms with Gasteiger partial charge < -0.3 is 4.90 Å². The Kier molecular flexibility index (Phi) is 4.37. The normalized spacial score (nSPS) is 14.9. The molecule has 0 amide bonds. The van der Waals surface area contributed by atoms with E-state index in [1.54, 1.807) is 7.05 Å². The van der Waals surface area contributed by atoms with Crippen LogP contribution in [0.25, 0.3) is 11.2 Å². The van der Waals surface area contributed by atoms with Crippen molar-refractivity contribution in [2.75, 3.05) is 18.0 Å². The average molecular weight is 367 g/mol. The Hall–Kier alpha value is -2.83. The summed E-state index contributed by atoms with van der Waals surface area (Å²) in [5.74, 6) is 0.781. The van der Waals surface area contributed by atoms with Gasteiger partial charge >= 0.3 is 5.69 Å². The molecular weight excluding hydrogens is 342 g/mol. The van der Waals surface area contributed by atoms with Crippen LogP contribution in [0.5, 0.6) is 0 Å². The Labute approximate surface area is 157 Å². The molecular formula is C20H25N5O2. The molecule has 3 heterocycles. The van der Waals surface area contributed by atoms with Gasteiger partial charge in [0, 0.05) is 27.2 Å². The maximum Gasteiger partial charge on any atom is 0.332 e. The van der Waals surface area contributed by atoms with E-state index in [0.29, 0.717) is 17.7 Å². The Morgan fingerprint density at radius 2 is 1.63 bits per heavy atom. The minimum Gasteiger partial charge on any atom is -0.342 e. The van der Waals surface area contributed by atoms with Crippen molar-refractivity contribution in [3.05, 3.63) is 56.2 Å². The summed E-state index contributed by atoms with van der Waals surface area (Å²) in [5.41, 5.74) is 2.60. The molecule has 0 aliphatic carbocycles. The molecule has 3 aromatic rings. The predicted octanol–water partition coefficient (Wildman–Crippen LogP) is 1.78. The number of rotatable bonds is 3. The molecule has 7 heteroatoms. The second-order valence-electron chi connectivity index (χ2n) is 7.41. The van der Waals surface area contributed by atoms with Crippen molar-refractivity contribution in [1.29, 1.82) is 0 Å². The maximum atomic E-state index is 12.9. The minimum atomic E-state index is -0.349. The highest BCUT2D eigenvalue weighted by Gasteiger charge is 2.23. The summed E-state index contributed by atoms with van der Waals surface area (Å²) in [6.45, 7) is 4.45. The number of imidazole rings is 1. The third-order valence-electron chi connectivity index (χ3n) is 5.43. The van der Waals surface area contributed by atoms with Crippen LogP contribution in [0.1, 0.15) is 30.4 Å². The zero-order valence-electron chi connectivity index (χ0n) is 16.1. The van der Waals surface area contributed by atoms with Gasteiger partial charge in [0.1, 0.15) is 0 Å². The fourth-order valence-electron chi connectivity index (χ4n) is 3.80. The number of nitrogens with zero attached hydrogens (tertiary/aromatic N) is 5.